The minimum Gasteiger partial charge on any atom is -0.348 e. The summed E-state index contributed by atoms with van der Waals surface area (Å²) in [6, 6.07) is 6.46. The molecule has 2 N–H and O–H groups in total. The summed E-state index contributed by atoms with van der Waals surface area (Å²) < 4.78 is 28.2. The van der Waals surface area contributed by atoms with Gasteiger partial charge in [-0.05, 0) is 48.7 Å². The highest BCUT2D eigenvalue weighted by Gasteiger charge is 2.31. The maximum absolute atomic E-state index is 13.2. The fraction of sp³-hybridized carbons (Fsp3) is 0.368. The molecule has 1 fully saturated rings. The fourth-order valence-electron chi connectivity index (χ4n) is 3.95. The Labute approximate surface area is 149 Å². The summed E-state index contributed by atoms with van der Waals surface area (Å²) in [5, 5.41) is 5.95. The van der Waals surface area contributed by atoms with E-state index in [0.29, 0.717) is 23.9 Å². The minimum absolute atomic E-state index is 0.0517. The van der Waals surface area contributed by atoms with Crippen LogP contribution in [-0.4, -0.2) is 23.6 Å². The maximum atomic E-state index is 13.2. The van der Waals surface area contributed by atoms with E-state index in [1.165, 1.54) is 0 Å². The standard InChI is InChI=1S/C19H19F2N3O2/c20-14-4-11(5-15(21)6-14)8-23-18(25)16-1-2-17-13-3-12(7-22-9-13)10-24(17)19(16)26/h1-2,4-6,12-13,22H,3,7-10H2,(H,23,25)/t12-,13-/m0/s1. The van der Waals surface area contributed by atoms with Crippen molar-refractivity contribution in [2.75, 3.05) is 13.1 Å². The molecule has 7 heteroatoms. The molecule has 0 saturated carbocycles. The third-order valence-corrected chi connectivity index (χ3v) is 5.13. The Hall–Kier alpha value is -2.54. The smallest absolute Gasteiger partial charge is 0.263 e. The number of amides is 1. The predicted molar refractivity (Wildman–Crippen MR) is 91.9 cm³/mol. The molecule has 1 aromatic heterocycles. The highest BCUT2D eigenvalue weighted by atomic mass is 19.1. The Morgan fingerprint density at radius 3 is 2.73 bits per heavy atom. The van der Waals surface area contributed by atoms with Crippen LogP contribution in [0.3, 0.4) is 0 Å². The number of nitrogens with zero attached hydrogens (tertiary/aromatic N) is 1. The van der Waals surface area contributed by atoms with E-state index >= 15 is 0 Å². The first-order chi connectivity index (χ1) is 12.5. The van der Waals surface area contributed by atoms with Gasteiger partial charge >= 0.3 is 0 Å². The molecule has 2 aliphatic rings. The van der Waals surface area contributed by atoms with Crippen LogP contribution in [0.25, 0.3) is 0 Å². The van der Waals surface area contributed by atoms with E-state index in [-0.39, 0.29) is 17.7 Å². The number of carbonyl (C=O) groups is 1. The molecule has 1 saturated heterocycles. The first kappa shape index (κ1) is 16.9. The number of benzene rings is 1. The summed E-state index contributed by atoms with van der Waals surface area (Å²) in [5.74, 6) is -1.26. The van der Waals surface area contributed by atoms with E-state index in [1.54, 1.807) is 10.6 Å². The molecule has 0 spiro atoms. The number of rotatable bonds is 3. The zero-order chi connectivity index (χ0) is 18.3. The Morgan fingerprint density at radius 2 is 1.96 bits per heavy atom. The summed E-state index contributed by atoms with van der Waals surface area (Å²) in [6.07, 6.45) is 1.06. The second-order valence-electron chi connectivity index (χ2n) is 7.00. The molecule has 0 radical (unpaired) electrons. The average Bonchev–Trinajstić information content (AvgIpc) is 2.60. The molecule has 2 aliphatic heterocycles. The van der Waals surface area contributed by atoms with Gasteiger partial charge in [0.2, 0.25) is 0 Å². The number of carbonyl (C=O) groups excluding carboxylic acids is 1. The highest BCUT2D eigenvalue weighted by molar-refractivity contribution is 5.93. The van der Waals surface area contributed by atoms with Crippen LogP contribution >= 0.6 is 0 Å². The van der Waals surface area contributed by atoms with Gasteiger partial charge in [0.1, 0.15) is 17.2 Å². The number of nitrogens with one attached hydrogen (secondary N) is 2. The van der Waals surface area contributed by atoms with E-state index in [1.807, 2.05) is 6.07 Å². The van der Waals surface area contributed by atoms with Gasteiger partial charge in [-0.25, -0.2) is 8.78 Å². The van der Waals surface area contributed by atoms with Crippen LogP contribution in [0.5, 0.6) is 0 Å². The quantitative estimate of drug-likeness (QED) is 0.878. The van der Waals surface area contributed by atoms with Crippen molar-refractivity contribution in [3.8, 4) is 0 Å². The van der Waals surface area contributed by atoms with Crippen molar-refractivity contribution < 1.29 is 13.6 Å². The van der Waals surface area contributed by atoms with Gasteiger partial charge in [0, 0.05) is 37.3 Å². The number of piperidine rings is 1. The molecule has 0 unspecified atom stereocenters. The zero-order valence-corrected chi connectivity index (χ0v) is 14.1. The van der Waals surface area contributed by atoms with Crippen LogP contribution in [0.15, 0.2) is 35.1 Å². The van der Waals surface area contributed by atoms with Crippen LogP contribution in [0.2, 0.25) is 0 Å². The molecular weight excluding hydrogens is 340 g/mol. The molecule has 5 nitrogen and oxygen atoms in total. The lowest BCUT2D eigenvalue weighted by Gasteiger charge is -2.37. The largest absolute Gasteiger partial charge is 0.348 e. The van der Waals surface area contributed by atoms with E-state index in [0.717, 1.165) is 43.4 Å². The van der Waals surface area contributed by atoms with E-state index in [4.69, 9.17) is 0 Å². The second kappa shape index (κ2) is 6.64. The molecule has 4 rings (SSSR count). The van der Waals surface area contributed by atoms with Gasteiger partial charge in [-0.2, -0.15) is 0 Å². The van der Waals surface area contributed by atoms with Gasteiger partial charge in [-0.1, -0.05) is 0 Å². The lowest BCUT2D eigenvalue weighted by molar-refractivity contribution is 0.0948. The first-order valence-electron chi connectivity index (χ1n) is 8.69. The van der Waals surface area contributed by atoms with Gasteiger partial charge in [-0.15, -0.1) is 0 Å². The van der Waals surface area contributed by atoms with Gasteiger partial charge < -0.3 is 15.2 Å². The zero-order valence-electron chi connectivity index (χ0n) is 14.1. The van der Waals surface area contributed by atoms with Gasteiger partial charge in [0.25, 0.3) is 11.5 Å². The molecule has 3 heterocycles. The average molecular weight is 359 g/mol. The van der Waals surface area contributed by atoms with Crippen LogP contribution in [0.4, 0.5) is 8.78 Å². The van der Waals surface area contributed by atoms with Crippen molar-refractivity contribution >= 4 is 5.91 Å². The topological polar surface area (TPSA) is 63.1 Å². The van der Waals surface area contributed by atoms with Gasteiger partial charge in [-0.3, -0.25) is 9.59 Å². The Bertz CT molecular complexity index is 905. The number of hydrogen-bond acceptors (Lipinski definition) is 3. The number of hydrogen-bond donors (Lipinski definition) is 2. The summed E-state index contributed by atoms with van der Waals surface area (Å²) in [7, 11) is 0. The third-order valence-electron chi connectivity index (χ3n) is 5.13. The van der Waals surface area contributed by atoms with Crippen molar-refractivity contribution in [3.05, 3.63) is 69.1 Å². The third kappa shape index (κ3) is 3.14. The fourth-order valence-corrected chi connectivity index (χ4v) is 3.95. The summed E-state index contributed by atoms with van der Waals surface area (Å²) >= 11 is 0. The Morgan fingerprint density at radius 1 is 1.19 bits per heavy atom. The monoisotopic (exact) mass is 359 g/mol. The van der Waals surface area contributed by atoms with Gasteiger partial charge in [0.05, 0.1) is 0 Å². The molecule has 0 aliphatic carbocycles. The van der Waals surface area contributed by atoms with Crippen LogP contribution in [0, 0.1) is 17.6 Å². The minimum atomic E-state index is -0.705. The summed E-state index contributed by atoms with van der Waals surface area (Å²) in [6.45, 7) is 2.27. The summed E-state index contributed by atoms with van der Waals surface area (Å²) in [5.41, 5.74) is 1.01. The number of aromatic nitrogens is 1. The van der Waals surface area contributed by atoms with E-state index in [9.17, 15) is 18.4 Å². The van der Waals surface area contributed by atoms with E-state index in [2.05, 4.69) is 10.6 Å². The molecule has 2 atom stereocenters. The van der Waals surface area contributed by atoms with Gasteiger partial charge in [0.15, 0.2) is 0 Å². The molecule has 1 aromatic carbocycles. The second-order valence-corrected chi connectivity index (χ2v) is 7.00. The van der Waals surface area contributed by atoms with Crippen LogP contribution in [0.1, 0.15) is 34.0 Å². The van der Waals surface area contributed by atoms with E-state index < -0.39 is 17.5 Å². The molecular formula is C19H19F2N3O2. The Kier molecular flexibility index (Phi) is 4.32. The molecule has 136 valence electrons. The highest BCUT2D eigenvalue weighted by Crippen LogP contribution is 2.31. The lowest BCUT2D eigenvalue weighted by Crippen LogP contribution is -2.46. The number of fused-ring (bicyclic) bond motifs is 4. The number of pyridine rings is 1. The molecule has 26 heavy (non-hydrogen) atoms. The van der Waals surface area contributed by atoms with Crippen molar-refractivity contribution in [1.82, 2.24) is 15.2 Å². The lowest BCUT2D eigenvalue weighted by atomic mass is 9.84. The maximum Gasteiger partial charge on any atom is 0.263 e. The predicted octanol–water partition coefficient (Wildman–Crippen LogP) is 1.76. The Balaban J connectivity index is 1.55. The summed E-state index contributed by atoms with van der Waals surface area (Å²) in [4.78, 5) is 25.2. The number of halogens is 2. The van der Waals surface area contributed by atoms with Crippen molar-refractivity contribution in [3.63, 3.8) is 0 Å². The van der Waals surface area contributed by atoms with Crippen LogP contribution in [-0.2, 0) is 13.1 Å². The van der Waals surface area contributed by atoms with Crippen LogP contribution < -0.4 is 16.2 Å². The van der Waals surface area contributed by atoms with Crippen molar-refractivity contribution in [2.45, 2.75) is 25.4 Å². The molecule has 2 aromatic rings. The van der Waals surface area contributed by atoms with Crippen molar-refractivity contribution in [1.29, 1.82) is 0 Å². The first-order valence-corrected chi connectivity index (χ1v) is 8.69. The van der Waals surface area contributed by atoms with Crippen molar-refractivity contribution in [2.24, 2.45) is 5.92 Å². The molecule has 2 bridgehead atoms. The SMILES string of the molecule is O=C(NCc1cc(F)cc(F)c1)c1ccc2n(c1=O)C[C@@H]1CNC[C@@H]2C1. The normalized spacial score (nSPS) is 21.2. The molecule has 1 amide bonds.